The van der Waals surface area contributed by atoms with Crippen molar-refractivity contribution in [1.82, 2.24) is 9.80 Å². The monoisotopic (exact) mass is 344 g/mol. The third-order valence-corrected chi connectivity index (χ3v) is 7.86. The Kier molecular flexibility index (Phi) is 3.47. The van der Waals surface area contributed by atoms with Gasteiger partial charge in [0.1, 0.15) is 0 Å². The lowest BCUT2D eigenvalue weighted by atomic mass is 9.76. The van der Waals surface area contributed by atoms with Crippen LogP contribution < -0.4 is 0 Å². The summed E-state index contributed by atoms with van der Waals surface area (Å²) in [5, 5.41) is 2.11. The van der Waals surface area contributed by atoms with Gasteiger partial charge < -0.3 is 9.80 Å². The maximum atomic E-state index is 12.5. The standard InChI is InChI=1S/C19H24N2O2S/c22-17(20-7-5-16-14(10-20)6-8-24-16)3-4-18(23)21-11-15-12-1-2-13(9-12)19(15)21/h6,8,12-13,15,19H,1-5,7,9-11H2/t12-,13-,15+,19-/m0/s1. The number of likely N-dealkylation sites (tertiary alicyclic amines) is 1. The lowest BCUT2D eigenvalue weighted by Crippen LogP contribution is -2.60. The largest absolute Gasteiger partial charge is 0.339 e. The Morgan fingerprint density at radius 2 is 2.00 bits per heavy atom. The third kappa shape index (κ3) is 2.24. The van der Waals surface area contributed by atoms with Crippen molar-refractivity contribution in [3.63, 3.8) is 0 Å². The Morgan fingerprint density at radius 3 is 2.88 bits per heavy atom. The van der Waals surface area contributed by atoms with E-state index in [9.17, 15) is 9.59 Å². The lowest BCUT2D eigenvalue weighted by Gasteiger charge is -2.50. The summed E-state index contributed by atoms with van der Waals surface area (Å²) in [5.41, 5.74) is 1.29. The molecular formula is C19H24N2O2S. The molecule has 0 radical (unpaired) electrons. The fraction of sp³-hybridized carbons (Fsp3) is 0.684. The average Bonchev–Trinajstić information content (AvgIpc) is 3.25. The van der Waals surface area contributed by atoms with Crippen molar-refractivity contribution in [1.29, 1.82) is 0 Å². The van der Waals surface area contributed by atoms with E-state index in [-0.39, 0.29) is 11.8 Å². The Bertz CT molecular complexity index is 683. The second kappa shape index (κ2) is 5.58. The van der Waals surface area contributed by atoms with Crippen LogP contribution >= 0.6 is 11.3 Å². The van der Waals surface area contributed by atoms with Gasteiger partial charge in [-0.05, 0) is 54.5 Å². The van der Waals surface area contributed by atoms with Crippen molar-refractivity contribution in [3.8, 4) is 0 Å². The smallest absolute Gasteiger partial charge is 0.223 e. The molecule has 2 aliphatic heterocycles. The second-order valence-corrected chi connectivity index (χ2v) is 8.97. The molecule has 4 aliphatic rings. The van der Waals surface area contributed by atoms with Gasteiger partial charge in [0.05, 0.1) is 0 Å². The van der Waals surface area contributed by atoms with Gasteiger partial charge in [0, 0.05) is 49.3 Å². The molecule has 3 fully saturated rings. The van der Waals surface area contributed by atoms with Gasteiger partial charge in [-0.15, -0.1) is 11.3 Å². The Morgan fingerprint density at radius 1 is 1.17 bits per heavy atom. The van der Waals surface area contributed by atoms with E-state index in [0.29, 0.717) is 18.9 Å². The van der Waals surface area contributed by atoms with Crippen LogP contribution in [0, 0.1) is 17.8 Å². The topological polar surface area (TPSA) is 40.6 Å². The summed E-state index contributed by atoms with van der Waals surface area (Å²) < 4.78 is 0. The molecule has 5 rings (SSSR count). The normalized spacial score (nSPS) is 33.2. The van der Waals surface area contributed by atoms with Gasteiger partial charge >= 0.3 is 0 Å². The number of hydrogen-bond acceptors (Lipinski definition) is 3. The van der Waals surface area contributed by atoms with Gasteiger partial charge in [0.2, 0.25) is 11.8 Å². The molecule has 0 spiro atoms. The molecule has 4 nitrogen and oxygen atoms in total. The Labute approximate surface area is 146 Å². The fourth-order valence-corrected chi connectivity index (χ4v) is 6.47. The number of carbonyl (C=O) groups is 2. The maximum Gasteiger partial charge on any atom is 0.223 e. The van der Waals surface area contributed by atoms with Gasteiger partial charge in [0.15, 0.2) is 0 Å². The number of fused-ring (bicyclic) bond motifs is 6. The molecule has 4 atom stereocenters. The minimum absolute atomic E-state index is 0.144. The first kappa shape index (κ1) is 14.9. The molecular weight excluding hydrogens is 320 g/mol. The highest BCUT2D eigenvalue weighted by atomic mass is 32.1. The molecule has 24 heavy (non-hydrogen) atoms. The van der Waals surface area contributed by atoms with Crippen LogP contribution in [0.5, 0.6) is 0 Å². The molecule has 0 aromatic carbocycles. The number of thiophene rings is 1. The van der Waals surface area contributed by atoms with Crippen molar-refractivity contribution in [2.75, 3.05) is 13.1 Å². The molecule has 5 heteroatoms. The summed E-state index contributed by atoms with van der Waals surface area (Å²) in [6, 6.07) is 2.65. The number of carbonyl (C=O) groups excluding carboxylic acids is 2. The average molecular weight is 344 g/mol. The molecule has 0 unspecified atom stereocenters. The molecule has 2 bridgehead atoms. The van der Waals surface area contributed by atoms with Crippen LogP contribution in [0.3, 0.4) is 0 Å². The lowest BCUT2D eigenvalue weighted by molar-refractivity contribution is -0.149. The molecule has 128 valence electrons. The number of amides is 2. The van der Waals surface area contributed by atoms with E-state index in [1.807, 2.05) is 4.90 Å². The second-order valence-electron chi connectivity index (χ2n) is 7.97. The van der Waals surface area contributed by atoms with Gasteiger partial charge in [-0.2, -0.15) is 0 Å². The molecule has 3 heterocycles. The number of nitrogens with zero attached hydrogens (tertiary/aromatic N) is 2. The number of rotatable bonds is 3. The molecule has 2 amide bonds. The third-order valence-electron chi connectivity index (χ3n) is 6.84. The van der Waals surface area contributed by atoms with E-state index < -0.39 is 0 Å². The van der Waals surface area contributed by atoms with Crippen LogP contribution in [-0.4, -0.2) is 40.7 Å². The first-order valence-corrected chi connectivity index (χ1v) is 10.2. The summed E-state index contributed by atoms with van der Waals surface area (Å²) >= 11 is 1.79. The summed E-state index contributed by atoms with van der Waals surface area (Å²) in [5.74, 6) is 2.78. The Hall–Kier alpha value is -1.36. The zero-order valence-electron chi connectivity index (χ0n) is 13.9. The van der Waals surface area contributed by atoms with E-state index in [2.05, 4.69) is 16.3 Å². The van der Waals surface area contributed by atoms with Gasteiger partial charge in [-0.25, -0.2) is 0 Å². The quantitative estimate of drug-likeness (QED) is 0.846. The highest BCUT2D eigenvalue weighted by Gasteiger charge is 2.57. The Balaban J connectivity index is 1.14. The predicted molar refractivity (Wildman–Crippen MR) is 92.5 cm³/mol. The summed E-state index contributed by atoms with van der Waals surface area (Å²) in [6.07, 6.45) is 5.77. The molecule has 1 aromatic heterocycles. The predicted octanol–water partition coefficient (Wildman–Crippen LogP) is 2.67. The first-order chi connectivity index (χ1) is 11.7. The molecule has 2 aliphatic carbocycles. The van der Waals surface area contributed by atoms with Crippen LogP contribution in [0.1, 0.15) is 42.5 Å². The molecule has 1 saturated heterocycles. The molecule has 1 aromatic rings. The zero-order chi connectivity index (χ0) is 16.3. The van der Waals surface area contributed by atoms with Gasteiger partial charge in [-0.3, -0.25) is 9.59 Å². The van der Waals surface area contributed by atoms with Crippen LogP contribution in [-0.2, 0) is 22.6 Å². The van der Waals surface area contributed by atoms with Crippen molar-refractivity contribution in [3.05, 3.63) is 21.9 Å². The first-order valence-electron chi connectivity index (χ1n) is 9.33. The minimum atomic E-state index is 0.144. The van der Waals surface area contributed by atoms with Crippen molar-refractivity contribution >= 4 is 23.2 Å². The summed E-state index contributed by atoms with van der Waals surface area (Å²) in [4.78, 5) is 30.5. The van der Waals surface area contributed by atoms with Crippen LogP contribution in [0.2, 0.25) is 0 Å². The van der Waals surface area contributed by atoms with Crippen LogP contribution in [0.4, 0.5) is 0 Å². The maximum absolute atomic E-state index is 12.5. The molecule has 0 N–H and O–H groups in total. The van der Waals surface area contributed by atoms with E-state index in [1.165, 1.54) is 29.7 Å². The van der Waals surface area contributed by atoms with Crippen LogP contribution in [0.25, 0.3) is 0 Å². The highest BCUT2D eigenvalue weighted by Crippen LogP contribution is 2.55. The molecule has 2 saturated carbocycles. The highest BCUT2D eigenvalue weighted by molar-refractivity contribution is 7.10. The van der Waals surface area contributed by atoms with Crippen molar-refractivity contribution in [2.45, 2.75) is 51.1 Å². The van der Waals surface area contributed by atoms with Crippen molar-refractivity contribution < 1.29 is 9.59 Å². The van der Waals surface area contributed by atoms with Gasteiger partial charge in [-0.1, -0.05) is 0 Å². The summed E-state index contributed by atoms with van der Waals surface area (Å²) in [7, 11) is 0. The van der Waals surface area contributed by atoms with E-state index in [1.54, 1.807) is 11.3 Å². The summed E-state index contributed by atoms with van der Waals surface area (Å²) in [6.45, 7) is 2.49. The van der Waals surface area contributed by atoms with E-state index in [0.717, 1.165) is 43.8 Å². The van der Waals surface area contributed by atoms with Crippen molar-refractivity contribution in [2.24, 2.45) is 17.8 Å². The van der Waals surface area contributed by atoms with E-state index >= 15 is 0 Å². The van der Waals surface area contributed by atoms with Crippen LogP contribution in [0.15, 0.2) is 11.4 Å². The number of hydrogen-bond donors (Lipinski definition) is 0. The van der Waals surface area contributed by atoms with Gasteiger partial charge in [0.25, 0.3) is 0 Å². The zero-order valence-corrected chi connectivity index (χ0v) is 14.8. The SMILES string of the molecule is O=C(CCC(=O)N1C[C@@H]2[C@H]3CC[C@@H](C3)[C@@H]21)N1CCc2sccc2C1. The van der Waals surface area contributed by atoms with E-state index in [4.69, 9.17) is 0 Å². The fourth-order valence-electron chi connectivity index (χ4n) is 5.58. The minimum Gasteiger partial charge on any atom is -0.339 e.